The lowest BCUT2D eigenvalue weighted by Gasteiger charge is -2.14. The van der Waals surface area contributed by atoms with Crippen molar-refractivity contribution in [3.8, 4) is 0 Å². The zero-order valence-electron chi connectivity index (χ0n) is 14.7. The van der Waals surface area contributed by atoms with E-state index in [4.69, 9.17) is 9.47 Å². The average Bonchev–Trinajstić information content (AvgIpc) is 2.27. The Kier molecular flexibility index (Phi) is 13.9. The van der Waals surface area contributed by atoms with Gasteiger partial charge in [-0.15, -0.1) is 0 Å². The Morgan fingerprint density at radius 3 is 1.00 bits per heavy atom. The molecule has 0 aromatic rings. The molecule has 0 aromatic carbocycles. The lowest BCUT2D eigenvalue weighted by atomic mass is 10.2. The highest BCUT2D eigenvalue weighted by Crippen LogP contribution is 2.02. The molecule has 0 amide bonds. The molecule has 0 bridgehead atoms. The highest BCUT2D eigenvalue weighted by Gasteiger charge is 2.04. The van der Waals surface area contributed by atoms with Gasteiger partial charge in [0.15, 0.2) is 0 Å². The molecule has 0 rings (SSSR count). The van der Waals surface area contributed by atoms with E-state index in [2.05, 4.69) is 4.74 Å². The molecular weight excluding hydrogens is 244 g/mol. The van der Waals surface area contributed by atoms with Gasteiger partial charge in [0.2, 0.25) is 0 Å². The van der Waals surface area contributed by atoms with E-state index in [1.54, 1.807) is 28.1 Å². The van der Waals surface area contributed by atoms with Gasteiger partial charge in [-0.1, -0.05) is 13.8 Å². The molecule has 0 radical (unpaired) electrons. The molecule has 0 unspecified atom stereocenters. The first kappa shape index (κ1) is 23.5. The number of ether oxygens (including phenoxy) is 3. The van der Waals surface area contributed by atoms with Crippen LogP contribution in [0.3, 0.4) is 0 Å². The number of esters is 1. The molecule has 19 heavy (non-hydrogen) atoms. The maximum Gasteiger partial charge on any atom is 0.308 e. The minimum Gasteiger partial charge on any atom is -0.469 e. The van der Waals surface area contributed by atoms with Crippen LogP contribution in [0, 0.1) is 5.92 Å². The van der Waals surface area contributed by atoms with Gasteiger partial charge in [-0.3, -0.25) is 4.79 Å². The Hall–Kier alpha value is -0.610. The lowest BCUT2D eigenvalue weighted by molar-refractivity contribution is -0.144. The summed E-state index contributed by atoms with van der Waals surface area (Å²) in [6, 6.07) is 0. The third-order valence-electron chi connectivity index (χ3n) is 1.90. The van der Waals surface area contributed by atoms with Crippen LogP contribution in [-0.2, 0) is 19.0 Å². The van der Waals surface area contributed by atoms with Crippen molar-refractivity contribution < 1.29 is 19.0 Å². The summed E-state index contributed by atoms with van der Waals surface area (Å²) >= 11 is 0. The minimum absolute atomic E-state index is 0.00463. The summed E-state index contributed by atoms with van der Waals surface area (Å²) < 4.78 is 14.2. The molecule has 0 spiro atoms. The topological polar surface area (TPSA) is 44.8 Å². The van der Waals surface area contributed by atoms with E-state index in [9.17, 15) is 4.79 Å². The van der Waals surface area contributed by atoms with E-state index < -0.39 is 0 Å². The second kappa shape index (κ2) is 11.2. The van der Waals surface area contributed by atoms with Gasteiger partial charge in [-0.2, -0.15) is 0 Å². The fourth-order valence-corrected chi connectivity index (χ4v) is 0.236. The van der Waals surface area contributed by atoms with Crippen molar-refractivity contribution in [2.45, 2.75) is 66.6 Å². The smallest absolute Gasteiger partial charge is 0.308 e. The normalized spacial score (nSPS) is 10.9. The largest absolute Gasteiger partial charge is 0.469 e. The quantitative estimate of drug-likeness (QED) is 0.686. The number of methoxy groups -OCH3 is 3. The van der Waals surface area contributed by atoms with Crippen molar-refractivity contribution in [3.05, 3.63) is 0 Å². The number of rotatable bonds is 1. The van der Waals surface area contributed by atoms with Gasteiger partial charge in [0.1, 0.15) is 0 Å². The number of hydrogen-bond acceptors (Lipinski definition) is 4. The molecular formula is C15H34O4. The minimum atomic E-state index is -0.153. The predicted octanol–water partition coefficient (Wildman–Crippen LogP) is 3.68. The van der Waals surface area contributed by atoms with Crippen LogP contribution >= 0.6 is 0 Å². The molecule has 0 aromatic heterocycles. The Bertz CT molecular complexity index is 195. The second-order valence-corrected chi connectivity index (χ2v) is 6.31. The van der Waals surface area contributed by atoms with Crippen LogP contribution in [0.25, 0.3) is 0 Å². The van der Waals surface area contributed by atoms with Crippen molar-refractivity contribution in [2.75, 3.05) is 21.3 Å². The standard InChI is InChI=1S/C5H10O2.2C5H12O/c1-4(2)5(6)7-3;2*1-5(2,3)6-4/h4H,1-3H3;2*1-4H3. The maximum absolute atomic E-state index is 10.3. The Morgan fingerprint density at radius 2 is 1.00 bits per heavy atom. The summed E-state index contributed by atoms with van der Waals surface area (Å²) in [7, 11) is 4.81. The van der Waals surface area contributed by atoms with Crippen LogP contribution in [0.15, 0.2) is 0 Å². The molecule has 0 heterocycles. The third kappa shape index (κ3) is 31.7. The molecule has 118 valence electrons. The van der Waals surface area contributed by atoms with E-state index in [-0.39, 0.29) is 23.1 Å². The number of hydrogen-bond donors (Lipinski definition) is 0. The van der Waals surface area contributed by atoms with Crippen LogP contribution in [0.5, 0.6) is 0 Å². The monoisotopic (exact) mass is 278 g/mol. The van der Waals surface area contributed by atoms with Crippen LogP contribution < -0.4 is 0 Å². The summed E-state index contributed by atoms with van der Waals surface area (Å²) in [6.45, 7) is 15.7. The molecule has 0 aliphatic carbocycles. The zero-order valence-corrected chi connectivity index (χ0v) is 14.7. The highest BCUT2D eigenvalue weighted by molar-refractivity contribution is 5.71. The SMILES string of the molecule is COC(=O)C(C)C.COC(C)(C)C.COC(C)(C)C. The molecule has 4 nitrogen and oxygen atoms in total. The van der Waals surface area contributed by atoms with Gasteiger partial charge in [0, 0.05) is 14.2 Å². The van der Waals surface area contributed by atoms with E-state index in [0.29, 0.717) is 0 Å². The third-order valence-corrected chi connectivity index (χ3v) is 1.90. The van der Waals surface area contributed by atoms with Crippen molar-refractivity contribution in [2.24, 2.45) is 5.92 Å². The van der Waals surface area contributed by atoms with Crippen LogP contribution in [0.2, 0.25) is 0 Å². The van der Waals surface area contributed by atoms with E-state index in [1.807, 2.05) is 41.5 Å². The van der Waals surface area contributed by atoms with Crippen molar-refractivity contribution >= 4 is 5.97 Å². The zero-order chi connectivity index (χ0) is 16.3. The summed E-state index contributed by atoms with van der Waals surface area (Å²) in [4.78, 5) is 10.3. The first-order chi connectivity index (χ1) is 8.30. The maximum atomic E-state index is 10.3. The van der Waals surface area contributed by atoms with Crippen molar-refractivity contribution in [3.63, 3.8) is 0 Å². The highest BCUT2D eigenvalue weighted by atomic mass is 16.5. The van der Waals surface area contributed by atoms with Gasteiger partial charge >= 0.3 is 5.97 Å². The summed E-state index contributed by atoms with van der Waals surface area (Å²) in [5, 5.41) is 0. The van der Waals surface area contributed by atoms with E-state index in [0.717, 1.165) is 0 Å². The second-order valence-electron chi connectivity index (χ2n) is 6.31. The molecule has 0 N–H and O–H groups in total. The number of carbonyl (C=O) groups is 1. The molecule has 0 aliphatic rings. The van der Waals surface area contributed by atoms with E-state index in [1.165, 1.54) is 7.11 Å². The van der Waals surface area contributed by atoms with Gasteiger partial charge in [-0.25, -0.2) is 0 Å². The summed E-state index contributed by atoms with van der Waals surface area (Å²) in [6.07, 6.45) is 0. The Morgan fingerprint density at radius 1 is 0.789 bits per heavy atom. The molecule has 0 aliphatic heterocycles. The van der Waals surface area contributed by atoms with Crippen molar-refractivity contribution in [1.82, 2.24) is 0 Å². The van der Waals surface area contributed by atoms with Gasteiger partial charge < -0.3 is 14.2 Å². The van der Waals surface area contributed by atoms with Gasteiger partial charge in [0.25, 0.3) is 0 Å². The summed E-state index contributed by atoms with van der Waals surface area (Å²) in [5.74, 6) is -0.148. The van der Waals surface area contributed by atoms with E-state index >= 15 is 0 Å². The molecule has 4 heteroatoms. The first-order valence-electron chi connectivity index (χ1n) is 6.48. The fourth-order valence-electron chi connectivity index (χ4n) is 0.236. The van der Waals surface area contributed by atoms with Crippen LogP contribution in [0.4, 0.5) is 0 Å². The van der Waals surface area contributed by atoms with Crippen LogP contribution in [-0.4, -0.2) is 38.5 Å². The predicted molar refractivity (Wildman–Crippen MR) is 80.4 cm³/mol. The molecule has 0 fully saturated rings. The van der Waals surface area contributed by atoms with Crippen LogP contribution in [0.1, 0.15) is 55.4 Å². The fraction of sp³-hybridized carbons (Fsp3) is 0.933. The van der Waals surface area contributed by atoms with Gasteiger partial charge in [-0.05, 0) is 41.5 Å². The lowest BCUT2D eigenvalue weighted by Crippen LogP contribution is -2.15. The Labute approximate surface area is 119 Å². The number of carbonyl (C=O) groups excluding carboxylic acids is 1. The first-order valence-corrected chi connectivity index (χ1v) is 6.48. The van der Waals surface area contributed by atoms with Gasteiger partial charge in [0.05, 0.1) is 24.2 Å². The molecule has 0 atom stereocenters. The van der Waals surface area contributed by atoms with Crippen molar-refractivity contribution in [1.29, 1.82) is 0 Å². The molecule has 0 saturated carbocycles. The average molecular weight is 278 g/mol. The molecule has 0 saturated heterocycles. The Balaban J connectivity index is -0.000000203. The summed E-state index contributed by atoms with van der Waals surface area (Å²) in [5.41, 5.74) is 0.0833.